The summed E-state index contributed by atoms with van der Waals surface area (Å²) in [6.07, 6.45) is -3.63. The van der Waals surface area contributed by atoms with Crippen LogP contribution >= 0.6 is 11.6 Å². The number of carbonyl (C=O) groups is 1. The second-order valence-electron chi connectivity index (χ2n) is 6.28. The second-order valence-corrected chi connectivity index (χ2v) is 8.46. The number of hydrogen-bond donors (Lipinski definition) is 2. The molecule has 2 aromatic carbocycles. The van der Waals surface area contributed by atoms with Gasteiger partial charge in [0.1, 0.15) is 0 Å². The number of halogens is 4. The van der Waals surface area contributed by atoms with Crippen molar-refractivity contribution in [1.82, 2.24) is 4.72 Å². The molecule has 0 heterocycles. The average molecular weight is 449 g/mol. The van der Waals surface area contributed by atoms with E-state index in [0.717, 1.165) is 17.7 Å². The molecular weight excluding hydrogens is 429 g/mol. The van der Waals surface area contributed by atoms with Crippen LogP contribution in [0.2, 0.25) is 5.02 Å². The first-order valence-corrected chi connectivity index (χ1v) is 10.6. The highest BCUT2D eigenvalue weighted by Crippen LogP contribution is 2.36. The van der Waals surface area contributed by atoms with Gasteiger partial charge in [-0.2, -0.15) is 13.2 Å². The summed E-state index contributed by atoms with van der Waals surface area (Å²) in [4.78, 5) is 12.2. The van der Waals surface area contributed by atoms with Crippen LogP contribution in [0.4, 0.5) is 18.9 Å². The van der Waals surface area contributed by atoms with E-state index in [0.29, 0.717) is 19.4 Å². The van der Waals surface area contributed by atoms with Gasteiger partial charge in [0.15, 0.2) is 0 Å². The quantitative estimate of drug-likeness (QED) is 0.618. The summed E-state index contributed by atoms with van der Waals surface area (Å²) >= 11 is 5.55. The fourth-order valence-corrected chi connectivity index (χ4v) is 3.82. The maximum Gasteiger partial charge on any atom is 0.417 e. The number of nitrogens with one attached hydrogen (secondary N) is 2. The van der Waals surface area contributed by atoms with Crippen molar-refractivity contribution in [2.45, 2.75) is 37.3 Å². The lowest BCUT2D eigenvalue weighted by Crippen LogP contribution is -2.24. The zero-order valence-electron chi connectivity index (χ0n) is 15.5. The molecule has 0 radical (unpaired) electrons. The second kappa shape index (κ2) is 9.60. The minimum absolute atomic E-state index is 0.00448. The predicted molar refractivity (Wildman–Crippen MR) is 105 cm³/mol. The molecule has 0 saturated heterocycles. The number of carbonyl (C=O) groups excluding carboxylic acids is 1. The SMILES string of the molecule is CCCNS(=O)(=O)c1ccc(CCC(=O)Nc2ccc(Cl)c(C(F)(F)F)c2)cc1. The van der Waals surface area contributed by atoms with Gasteiger partial charge < -0.3 is 5.32 Å². The van der Waals surface area contributed by atoms with Crippen LogP contribution in [-0.4, -0.2) is 20.9 Å². The van der Waals surface area contributed by atoms with Crippen LogP contribution in [0.5, 0.6) is 0 Å². The molecule has 0 bridgehead atoms. The first-order chi connectivity index (χ1) is 13.5. The Morgan fingerprint density at radius 3 is 2.34 bits per heavy atom. The third kappa shape index (κ3) is 6.73. The number of alkyl halides is 3. The van der Waals surface area contributed by atoms with E-state index in [9.17, 15) is 26.4 Å². The van der Waals surface area contributed by atoms with Gasteiger partial charge in [-0.05, 0) is 48.7 Å². The fraction of sp³-hybridized carbons (Fsp3) is 0.316. The summed E-state index contributed by atoms with van der Waals surface area (Å²) in [5.41, 5.74) is -0.303. The molecule has 0 saturated carbocycles. The van der Waals surface area contributed by atoms with E-state index >= 15 is 0 Å². The Morgan fingerprint density at radius 2 is 1.76 bits per heavy atom. The summed E-state index contributed by atoms with van der Waals surface area (Å²) in [6, 6.07) is 9.23. The minimum Gasteiger partial charge on any atom is -0.326 e. The van der Waals surface area contributed by atoms with Crippen molar-refractivity contribution in [2.24, 2.45) is 0 Å². The minimum atomic E-state index is -4.62. The molecule has 0 atom stereocenters. The van der Waals surface area contributed by atoms with Gasteiger partial charge in [-0.25, -0.2) is 13.1 Å². The van der Waals surface area contributed by atoms with Gasteiger partial charge in [-0.1, -0.05) is 30.7 Å². The average Bonchev–Trinajstić information content (AvgIpc) is 2.66. The Hall–Kier alpha value is -2.10. The Kier molecular flexibility index (Phi) is 7.67. The van der Waals surface area contributed by atoms with Crippen molar-refractivity contribution in [2.75, 3.05) is 11.9 Å². The molecule has 0 unspecified atom stereocenters. The first kappa shape index (κ1) is 23.2. The van der Waals surface area contributed by atoms with Gasteiger partial charge in [-0.15, -0.1) is 0 Å². The van der Waals surface area contributed by atoms with Crippen LogP contribution in [0, 0.1) is 0 Å². The largest absolute Gasteiger partial charge is 0.417 e. The van der Waals surface area contributed by atoms with Gasteiger partial charge in [0, 0.05) is 18.7 Å². The summed E-state index contributed by atoms with van der Waals surface area (Å²) in [6.45, 7) is 2.19. The summed E-state index contributed by atoms with van der Waals surface area (Å²) in [7, 11) is -3.56. The topological polar surface area (TPSA) is 75.3 Å². The Bertz CT molecular complexity index is 962. The fourth-order valence-electron chi connectivity index (χ4n) is 2.46. The van der Waals surface area contributed by atoms with Gasteiger partial charge in [0.05, 0.1) is 15.5 Å². The lowest BCUT2D eigenvalue weighted by Gasteiger charge is -2.12. The molecule has 0 aliphatic carbocycles. The monoisotopic (exact) mass is 448 g/mol. The van der Waals surface area contributed by atoms with Crippen LogP contribution in [-0.2, 0) is 27.4 Å². The van der Waals surface area contributed by atoms with Crippen molar-refractivity contribution in [3.05, 3.63) is 58.6 Å². The van der Waals surface area contributed by atoms with Gasteiger partial charge >= 0.3 is 6.18 Å². The van der Waals surface area contributed by atoms with Crippen molar-refractivity contribution in [3.8, 4) is 0 Å². The van der Waals surface area contributed by atoms with Gasteiger partial charge in [0.25, 0.3) is 0 Å². The normalized spacial score (nSPS) is 12.0. The molecule has 10 heteroatoms. The Morgan fingerprint density at radius 1 is 1.10 bits per heavy atom. The molecule has 1 amide bonds. The van der Waals surface area contributed by atoms with Crippen LogP contribution in [0.1, 0.15) is 30.9 Å². The van der Waals surface area contributed by atoms with E-state index < -0.39 is 32.7 Å². The van der Waals surface area contributed by atoms with Crippen molar-refractivity contribution in [3.63, 3.8) is 0 Å². The van der Waals surface area contributed by atoms with E-state index in [-0.39, 0.29) is 17.0 Å². The maximum absolute atomic E-state index is 12.9. The van der Waals surface area contributed by atoms with Crippen LogP contribution in [0.25, 0.3) is 0 Å². The van der Waals surface area contributed by atoms with Crippen molar-refractivity contribution >= 4 is 33.2 Å². The van der Waals surface area contributed by atoms with Crippen molar-refractivity contribution < 1.29 is 26.4 Å². The first-order valence-electron chi connectivity index (χ1n) is 8.78. The number of amides is 1. The standard InChI is InChI=1S/C19H20ClF3N2O3S/c1-2-11-24-29(27,28)15-7-3-13(4-8-15)5-10-18(26)25-14-6-9-17(20)16(12-14)19(21,22)23/h3-4,6-9,12,24H,2,5,10-11H2,1H3,(H,25,26). The maximum atomic E-state index is 12.9. The third-order valence-corrected chi connectivity index (χ3v) is 5.78. The molecule has 2 aromatic rings. The van der Waals surface area contributed by atoms with Crippen LogP contribution in [0.15, 0.2) is 47.4 Å². The molecule has 0 aliphatic heterocycles. The summed E-state index contributed by atoms with van der Waals surface area (Å²) < 4.78 is 65.1. The third-order valence-electron chi connectivity index (χ3n) is 3.97. The van der Waals surface area contributed by atoms with Gasteiger partial charge in [-0.3, -0.25) is 4.79 Å². The number of rotatable bonds is 8. The number of benzene rings is 2. The molecule has 29 heavy (non-hydrogen) atoms. The summed E-state index contributed by atoms with van der Waals surface area (Å²) in [5.74, 6) is -0.471. The number of hydrogen-bond acceptors (Lipinski definition) is 3. The lowest BCUT2D eigenvalue weighted by molar-refractivity contribution is -0.137. The zero-order valence-corrected chi connectivity index (χ0v) is 17.1. The summed E-state index contributed by atoms with van der Waals surface area (Å²) in [5, 5.41) is 1.96. The highest BCUT2D eigenvalue weighted by Gasteiger charge is 2.33. The molecule has 0 spiro atoms. The molecule has 0 fully saturated rings. The highest BCUT2D eigenvalue weighted by atomic mass is 35.5. The van der Waals surface area contributed by atoms with Gasteiger partial charge in [0.2, 0.25) is 15.9 Å². The van der Waals surface area contributed by atoms with Crippen LogP contribution < -0.4 is 10.0 Å². The number of anilines is 1. The Labute approximate surface area is 172 Å². The van der Waals surface area contributed by atoms with Crippen molar-refractivity contribution in [1.29, 1.82) is 0 Å². The predicted octanol–water partition coefficient (Wildman–Crippen LogP) is 4.62. The number of aryl methyl sites for hydroxylation is 1. The smallest absolute Gasteiger partial charge is 0.326 e. The molecule has 5 nitrogen and oxygen atoms in total. The molecule has 2 N–H and O–H groups in total. The Balaban J connectivity index is 1.96. The van der Waals surface area contributed by atoms with Crippen LogP contribution in [0.3, 0.4) is 0 Å². The zero-order chi connectivity index (χ0) is 21.7. The van der Waals surface area contributed by atoms with E-state index in [1.54, 1.807) is 12.1 Å². The molecular formula is C19H20ClF3N2O3S. The van der Waals surface area contributed by atoms with E-state index in [1.165, 1.54) is 18.2 Å². The van der Waals surface area contributed by atoms with E-state index in [4.69, 9.17) is 11.6 Å². The molecule has 158 valence electrons. The van der Waals surface area contributed by atoms with E-state index in [2.05, 4.69) is 10.0 Å². The molecule has 0 aromatic heterocycles. The lowest BCUT2D eigenvalue weighted by atomic mass is 10.1. The highest BCUT2D eigenvalue weighted by molar-refractivity contribution is 7.89. The van der Waals surface area contributed by atoms with E-state index in [1.807, 2.05) is 6.92 Å². The molecule has 0 aliphatic rings. The number of sulfonamides is 1. The molecule has 2 rings (SSSR count).